The monoisotopic (exact) mass is 523 g/mol. The fraction of sp³-hybridized carbons (Fsp3) is 0.407. The molecule has 8 nitrogen and oxygen atoms in total. The molecule has 10 heteroatoms. The molecule has 2 aromatic heterocycles. The van der Waals surface area contributed by atoms with E-state index in [0.717, 1.165) is 30.2 Å². The predicted octanol–water partition coefficient (Wildman–Crippen LogP) is 3.46. The minimum absolute atomic E-state index is 0.131. The van der Waals surface area contributed by atoms with Gasteiger partial charge in [-0.05, 0) is 31.0 Å². The summed E-state index contributed by atoms with van der Waals surface area (Å²) in [6.45, 7) is 8.99. The van der Waals surface area contributed by atoms with Gasteiger partial charge in [-0.25, -0.2) is 17.5 Å². The van der Waals surface area contributed by atoms with E-state index < -0.39 is 16.0 Å². The highest BCUT2D eigenvalue weighted by atomic mass is 32.2. The lowest BCUT2D eigenvalue weighted by Gasteiger charge is -2.30. The third kappa shape index (κ3) is 4.58. The number of hydrogen-bond donors (Lipinski definition) is 0. The van der Waals surface area contributed by atoms with Crippen molar-refractivity contribution in [3.05, 3.63) is 66.1 Å². The molecule has 3 aliphatic rings. The number of piperidine rings is 1. The van der Waals surface area contributed by atoms with E-state index in [-0.39, 0.29) is 5.75 Å². The first-order valence-corrected chi connectivity index (χ1v) is 14.3. The van der Waals surface area contributed by atoms with Gasteiger partial charge >= 0.3 is 0 Å². The average Bonchev–Trinajstić information content (AvgIpc) is 3.29. The number of alkyl halides is 1. The summed E-state index contributed by atoms with van der Waals surface area (Å²) in [4.78, 5) is 9.32. The van der Waals surface area contributed by atoms with Crippen molar-refractivity contribution in [2.24, 2.45) is 0 Å². The summed E-state index contributed by atoms with van der Waals surface area (Å²) in [6, 6.07) is 11.0. The number of rotatable bonds is 5. The molecule has 0 N–H and O–H groups in total. The van der Waals surface area contributed by atoms with Crippen LogP contribution in [0.3, 0.4) is 0 Å². The largest absolute Gasteiger partial charge is 0.378 e. The molecule has 0 spiro atoms. The highest BCUT2D eigenvalue weighted by Crippen LogP contribution is 2.42. The van der Waals surface area contributed by atoms with Crippen LogP contribution in [0, 0.1) is 0 Å². The molecule has 2 fully saturated rings. The predicted molar refractivity (Wildman–Crippen MR) is 139 cm³/mol. The van der Waals surface area contributed by atoms with Crippen molar-refractivity contribution in [3.8, 4) is 16.9 Å². The van der Waals surface area contributed by atoms with E-state index in [9.17, 15) is 12.8 Å². The number of aromatic nitrogens is 3. The van der Waals surface area contributed by atoms with Crippen molar-refractivity contribution in [2.75, 3.05) is 39.4 Å². The Labute approximate surface area is 216 Å². The van der Waals surface area contributed by atoms with Gasteiger partial charge in [0.05, 0.1) is 52.8 Å². The number of fused-ring (bicyclic) bond motifs is 3. The Kier molecular flexibility index (Phi) is 6.34. The molecule has 0 aliphatic carbocycles. The summed E-state index contributed by atoms with van der Waals surface area (Å²) in [5.41, 5.74) is 5.00. The Balaban J connectivity index is 1.40. The molecule has 0 saturated carbocycles. The topological polar surface area (TPSA) is 80.6 Å². The van der Waals surface area contributed by atoms with Gasteiger partial charge in [0.1, 0.15) is 11.9 Å². The summed E-state index contributed by atoms with van der Waals surface area (Å²) in [5, 5.41) is 4.93. The van der Waals surface area contributed by atoms with Gasteiger partial charge in [0.25, 0.3) is 0 Å². The van der Waals surface area contributed by atoms with Crippen molar-refractivity contribution >= 4 is 15.5 Å². The maximum atomic E-state index is 13.5. The van der Waals surface area contributed by atoms with E-state index in [1.165, 1.54) is 0 Å². The van der Waals surface area contributed by atoms with E-state index in [4.69, 9.17) is 9.84 Å². The molecule has 0 amide bonds. The minimum Gasteiger partial charge on any atom is -0.378 e. The van der Waals surface area contributed by atoms with Crippen LogP contribution in [0.1, 0.15) is 29.8 Å². The molecule has 0 unspecified atom stereocenters. The van der Waals surface area contributed by atoms with Crippen molar-refractivity contribution in [1.82, 2.24) is 24.6 Å². The normalized spacial score (nSPS) is 19.9. The third-order valence-corrected chi connectivity index (χ3v) is 9.11. The molecule has 2 saturated heterocycles. The number of likely N-dealkylation sites (tertiary alicyclic amines) is 1. The van der Waals surface area contributed by atoms with Crippen molar-refractivity contribution in [1.29, 1.82) is 0 Å². The van der Waals surface area contributed by atoms with E-state index in [0.29, 0.717) is 73.1 Å². The number of sulfone groups is 1. The zero-order chi connectivity index (χ0) is 25.6. The number of halogens is 1. The van der Waals surface area contributed by atoms with Gasteiger partial charge in [-0.3, -0.25) is 9.88 Å². The maximum absolute atomic E-state index is 13.5. The fourth-order valence-electron chi connectivity index (χ4n) is 5.39. The Bertz CT molecular complexity index is 1420. The van der Waals surface area contributed by atoms with Crippen molar-refractivity contribution < 1.29 is 17.5 Å². The summed E-state index contributed by atoms with van der Waals surface area (Å²) in [7, 11) is -3.52. The SMILES string of the molecule is C=C(c1nn(-c2ccc(CN3CCC(F)CC3)nc2)c2c1CS(=O)(=O)c1ccccc1-2)N1CCOCC1. The smallest absolute Gasteiger partial charge is 0.183 e. The molecule has 3 aromatic rings. The second kappa shape index (κ2) is 9.66. The van der Waals surface area contributed by atoms with Crippen LogP contribution in [0.2, 0.25) is 0 Å². The van der Waals surface area contributed by atoms with Crippen LogP contribution < -0.4 is 0 Å². The summed E-state index contributed by atoms with van der Waals surface area (Å²) < 4.78 is 47.3. The summed E-state index contributed by atoms with van der Waals surface area (Å²) >= 11 is 0. The van der Waals surface area contributed by atoms with Gasteiger partial charge in [-0.1, -0.05) is 24.8 Å². The molecule has 5 heterocycles. The number of hydrogen-bond acceptors (Lipinski definition) is 7. The van der Waals surface area contributed by atoms with Crippen LogP contribution >= 0.6 is 0 Å². The Morgan fingerprint density at radius 2 is 1.84 bits per heavy atom. The minimum atomic E-state index is -3.52. The molecule has 1 aromatic carbocycles. The zero-order valence-electron chi connectivity index (χ0n) is 20.6. The molecule has 0 atom stereocenters. The van der Waals surface area contributed by atoms with E-state index in [1.54, 1.807) is 23.0 Å². The molecule has 194 valence electrons. The Morgan fingerprint density at radius 1 is 1.08 bits per heavy atom. The quantitative estimate of drug-likeness (QED) is 0.507. The second-order valence-electron chi connectivity index (χ2n) is 9.85. The number of pyridine rings is 1. The molecule has 37 heavy (non-hydrogen) atoms. The standard InChI is InChI=1S/C27H30FN5O3S/c1-19(32-12-14-36-15-13-32)26-24-18-37(34,35)25-5-3-2-4-23(25)27(24)33(30-26)22-7-6-21(29-16-22)17-31-10-8-20(28)9-11-31/h2-7,16,20H,1,8-15,17-18H2. The lowest BCUT2D eigenvalue weighted by Crippen LogP contribution is -2.35. The third-order valence-electron chi connectivity index (χ3n) is 7.42. The van der Waals surface area contributed by atoms with E-state index in [1.807, 2.05) is 24.3 Å². The van der Waals surface area contributed by atoms with Gasteiger partial charge in [0.15, 0.2) is 9.84 Å². The van der Waals surface area contributed by atoms with Crippen LogP contribution in [0.5, 0.6) is 0 Å². The number of benzene rings is 1. The van der Waals surface area contributed by atoms with Crippen molar-refractivity contribution in [2.45, 2.75) is 36.2 Å². The van der Waals surface area contributed by atoms with Crippen molar-refractivity contribution in [3.63, 3.8) is 0 Å². The first kappa shape index (κ1) is 24.3. The summed E-state index contributed by atoms with van der Waals surface area (Å²) in [6.07, 6.45) is 2.20. The average molecular weight is 524 g/mol. The lowest BCUT2D eigenvalue weighted by molar-refractivity contribution is 0.0639. The number of morpholine rings is 1. The molecule has 6 rings (SSSR count). The van der Waals surface area contributed by atoms with Gasteiger partial charge in [-0.2, -0.15) is 5.10 Å². The van der Waals surface area contributed by atoms with Gasteiger partial charge < -0.3 is 9.64 Å². The van der Waals surface area contributed by atoms with Crippen LogP contribution in [0.25, 0.3) is 22.6 Å². The Hall–Kier alpha value is -3.08. The number of nitrogens with zero attached hydrogens (tertiary/aromatic N) is 5. The van der Waals surface area contributed by atoms with Crippen LogP contribution in [0.4, 0.5) is 4.39 Å². The Morgan fingerprint density at radius 3 is 2.57 bits per heavy atom. The molecule has 0 bridgehead atoms. The van der Waals surface area contributed by atoms with Crippen LogP contribution in [-0.2, 0) is 26.9 Å². The first-order chi connectivity index (χ1) is 17.9. The maximum Gasteiger partial charge on any atom is 0.183 e. The van der Waals surface area contributed by atoms with Crippen LogP contribution in [0.15, 0.2) is 54.1 Å². The van der Waals surface area contributed by atoms with E-state index >= 15 is 0 Å². The lowest BCUT2D eigenvalue weighted by atomic mass is 10.0. The zero-order valence-corrected chi connectivity index (χ0v) is 21.5. The van der Waals surface area contributed by atoms with Gasteiger partial charge in [0, 0.05) is 43.9 Å². The molecule has 0 radical (unpaired) electrons. The molecular weight excluding hydrogens is 493 g/mol. The highest BCUT2D eigenvalue weighted by Gasteiger charge is 2.35. The van der Waals surface area contributed by atoms with Gasteiger partial charge in [0.2, 0.25) is 0 Å². The first-order valence-electron chi connectivity index (χ1n) is 12.7. The summed E-state index contributed by atoms with van der Waals surface area (Å²) in [5.74, 6) is -0.131. The molecular formula is C27H30FN5O3S. The molecule has 3 aliphatic heterocycles. The van der Waals surface area contributed by atoms with Gasteiger partial charge in [-0.15, -0.1) is 0 Å². The van der Waals surface area contributed by atoms with E-state index in [2.05, 4.69) is 21.4 Å². The second-order valence-corrected chi connectivity index (χ2v) is 11.8. The number of ether oxygens (including phenoxy) is 1. The highest BCUT2D eigenvalue weighted by molar-refractivity contribution is 7.90. The fourth-order valence-corrected chi connectivity index (χ4v) is 6.99. The van der Waals surface area contributed by atoms with Crippen LogP contribution in [-0.4, -0.2) is 78.5 Å².